The smallest absolute Gasteiger partial charge is 0.251 e. The first-order valence-corrected chi connectivity index (χ1v) is 8.10. The van der Waals surface area contributed by atoms with Crippen LogP contribution in [0.25, 0.3) is 0 Å². The molecule has 26 heavy (non-hydrogen) atoms. The van der Waals surface area contributed by atoms with Crippen LogP contribution in [0.15, 0.2) is 42.5 Å². The Morgan fingerprint density at radius 2 is 1.69 bits per heavy atom. The lowest BCUT2D eigenvalue weighted by atomic mass is 10.1. The molecule has 2 amide bonds. The van der Waals surface area contributed by atoms with E-state index in [9.17, 15) is 9.59 Å². The van der Waals surface area contributed by atoms with Gasteiger partial charge in [0.2, 0.25) is 5.91 Å². The van der Waals surface area contributed by atoms with Gasteiger partial charge < -0.3 is 25.4 Å². The molecule has 0 saturated carbocycles. The average molecular weight is 357 g/mol. The highest BCUT2D eigenvalue weighted by Gasteiger charge is 2.15. The van der Waals surface area contributed by atoms with Gasteiger partial charge in [0.25, 0.3) is 5.91 Å². The monoisotopic (exact) mass is 357 g/mol. The zero-order valence-electron chi connectivity index (χ0n) is 15.3. The Morgan fingerprint density at radius 1 is 0.962 bits per heavy atom. The Kier molecular flexibility index (Phi) is 6.43. The van der Waals surface area contributed by atoms with E-state index in [4.69, 9.17) is 9.47 Å². The standard InChI is InChI=1S/C19H23N3O4/c1-12(21-14-7-5-6-13(10-14)19(24)20-2)18(23)22-15-8-9-16(25-3)17(11-15)26-4/h5-12,21H,1-4H3,(H,20,24)(H,22,23). The minimum atomic E-state index is -0.511. The molecule has 2 rings (SSSR count). The predicted molar refractivity (Wildman–Crippen MR) is 101 cm³/mol. The summed E-state index contributed by atoms with van der Waals surface area (Å²) in [7, 11) is 4.66. The molecule has 3 N–H and O–H groups in total. The minimum Gasteiger partial charge on any atom is -0.493 e. The van der Waals surface area contributed by atoms with E-state index in [-0.39, 0.29) is 11.8 Å². The molecule has 0 radical (unpaired) electrons. The number of nitrogens with one attached hydrogen (secondary N) is 3. The summed E-state index contributed by atoms with van der Waals surface area (Å²) < 4.78 is 10.4. The largest absolute Gasteiger partial charge is 0.493 e. The second-order valence-corrected chi connectivity index (χ2v) is 5.58. The molecule has 1 unspecified atom stereocenters. The topological polar surface area (TPSA) is 88.7 Å². The first-order chi connectivity index (χ1) is 12.5. The molecule has 7 heteroatoms. The SMILES string of the molecule is CNC(=O)c1cccc(NC(C)C(=O)Nc2ccc(OC)c(OC)c2)c1. The third-order valence-corrected chi connectivity index (χ3v) is 3.78. The molecule has 7 nitrogen and oxygen atoms in total. The maximum Gasteiger partial charge on any atom is 0.251 e. The summed E-state index contributed by atoms with van der Waals surface area (Å²) in [6, 6.07) is 11.6. The zero-order chi connectivity index (χ0) is 19.1. The van der Waals surface area contributed by atoms with E-state index in [1.165, 1.54) is 7.11 Å². The van der Waals surface area contributed by atoms with Gasteiger partial charge in [-0.15, -0.1) is 0 Å². The molecule has 1 atom stereocenters. The van der Waals surface area contributed by atoms with Crippen molar-refractivity contribution in [2.75, 3.05) is 31.9 Å². The summed E-state index contributed by atoms with van der Waals surface area (Å²) in [6.07, 6.45) is 0. The number of ether oxygens (including phenoxy) is 2. The summed E-state index contributed by atoms with van der Waals surface area (Å²) in [5.74, 6) is 0.713. The van der Waals surface area contributed by atoms with Gasteiger partial charge in [0.05, 0.1) is 14.2 Å². The van der Waals surface area contributed by atoms with Crippen LogP contribution in [-0.4, -0.2) is 39.1 Å². The quantitative estimate of drug-likeness (QED) is 0.709. The Morgan fingerprint density at radius 3 is 2.35 bits per heavy atom. The van der Waals surface area contributed by atoms with Crippen LogP contribution in [0.2, 0.25) is 0 Å². The maximum absolute atomic E-state index is 12.4. The summed E-state index contributed by atoms with van der Waals surface area (Å²) >= 11 is 0. The van der Waals surface area contributed by atoms with Crippen molar-refractivity contribution in [1.82, 2.24) is 5.32 Å². The zero-order valence-corrected chi connectivity index (χ0v) is 15.3. The van der Waals surface area contributed by atoms with E-state index in [1.54, 1.807) is 63.5 Å². The molecule has 0 aliphatic heterocycles. The molecule has 2 aromatic carbocycles. The lowest BCUT2D eigenvalue weighted by molar-refractivity contribution is -0.116. The number of hydrogen-bond acceptors (Lipinski definition) is 5. The minimum absolute atomic E-state index is 0.184. The van der Waals surface area contributed by atoms with E-state index in [0.29, 0.717) is 28.4 Å². The molecule has 0 aromatic heterocycles. The van der Waals surface area contributed by atoms with Crippen LogP contribution < -0.4 is 25.4 Å². The molecule has 0 aliphatic rings. The van der Waals surface area contributed by atoms with Gasteiger partial charge in [0.15, 0.2) is 11.5 Å². The van der Waals surface area contributed by atoms with Crippen molar-refractivity contribution >= 4 is 23.2 Å². The number of benzene rings is 2. The molecule has 0 heterocycles. The second-order valence-electron chi connectivity index (χ2n) is 5.58. The first kappa shape index (κ1) is 19.1. The normalized spacial score (nSPS) is 11.2. The number of methoxy groups -OCH3 is 2. The van der Waals surface area contributed by atoms with E-state index >= 15 is 0 Å². The summed E-state index contributed by atoms with van der Waals surface area (Å²) in [5, 5.41) is 8.47. The fourth-order valence-electron chi connectivity index (χ4n) is 2.37. The van der Waals surface area contributed by atoms with E-state index in [1.807, 2.05) is 0 Å². The van der Waals surface area contributed by atoms with E-state index < -0.39 is 6.04 Å². The van der Waals surface area contributed by atoms with Crippen LogP contribution >= 0.6 is 0 Å². The highest BCUT2D eigenvalue weighted by Crippen LogP contribution is 2.29. The molecule has 0 aliphatic carbocycles. The Labute approximate surface area is 152 Å². The molecule has 2 aromatic rings. The Balaban J connectivity index is 2.05. The average Bonchev–Trinajstić information content (AvgIpc) is 2.67. The molecular formula is C19H23N3O4. The number of rotatable bonds is 7. The number of carbonyl (C=O) groups excluding carboxylic acids is 2. The van der Waals surface area contributed by atoms with E-state index in [2.05, 4.69) is 16.0 Å². The second kappa shape index (κ2) is 8.75. The van der Waals surface area contributed by atoms with Crippen molar-refractivity contribution < 1.29 is 19.1 Å². The van der Waals surface area contributed by atoms with Crippen molar-refractivity contribution in [1.29, 1.82) is 0 Å². The number of hydrogen-bond donors (Lipinski definition) is 3. The third kappa shape index (κ3) is 4.66. The highest BCUT2D eigenvalue weighted by molar-refractivity contribution is 5.97. The summed E-state index contributed by atoms with van der Waals surface area (Å²) in [6.45, 7) is 1.74. The maximum atomic E-state index is 12.4. The summed E-state index contributed by atoms with van der Waals surface area (Å²) in [5.41, 5.74) is 1.80. The van der Waals surface area contributed by atoms with Gasteiger partial charge in [0, 0.05) is 30.1 Å². The highest BCUT2D eigenvalue weighted by atomic mass is 16.5. The Hall–Kier alpha value is -3.22. The van der Waals surface area contributed by atoms with Crippen LogP contribution in [-0.2, 0) is 4.79 Å². The summed E-state index contributed by atoms with van der Waals surface area (Å²) in [4.78, 5) is 24.1. The van der Waals surface area contributed by atoms with Crippen molar-refractivity contribution in [2.24, 2.45) is 0 Å². The predicted octanol–water partition coefficient (Wildman–Crippen LogP) is 2.50. The first-order valence-electron chi connectivity index (χ1n) is 8.10. The van der Waals surface area contributed by atoms with Crippen LogP contribution in [0.1, 0.15) is 17.3 Å². The van der Waals surface area contributed by atoms with Crippen molar-refractivity contribution in [3.63, 3.8) is 0 Å². The molecule has 138 valence electrons. The van der Waals surface area contributed by atoms with Gasteiger partial charge in [-0.25, -0.2) is 0 Å². The van der Waals surface area contributed by atoms with Gasteiger partial charge >= 0.3 is 0 Å². The van der Waals surface area contributed by atoms with Gasteiger partial charge in [-0.05, 0) is 37.3 Å². The van der Waals surface area contributed by atoms with Gasteiger partial charge in [0.1, 0.15) is 6.04 Å². The number of carbonyl (C=O) groups is 2. The van der Waals surface area contributed by atoms with Crippen molar-refractivity contribution in [2.45, 2.75) is 13.0 Å². The fraction of sp³-hybridized carbons (Fsp3) is 0.263. The van der Waals surface area contributed by atoms with Crippen LogP contribution in [0.5, 0.6) is 11.5 Å². The fourth-order valence-corrected chi connectivity index (χ4v) is 2.37. The molecule has 0 saturated heterocycles. The van der Waals surface area contributed by atoms with Crippen LogP contribution in [0.4, 0.5) is 11.4 Å². The van der Waals surface area contributed by atoms with Crippen LogP contribution in [0.3, 0.4) is 0 Å². The Bertz CT molecular complexity index is 792. The van der Waals surface area contributed by atoms with Gasteiger partial charge in [-0.2, -0.15) is 0 Å². The van der Waals surface area contributed by atoms with Gasteiger partial charge in [-0.1, -0.05) is 6.07 Å². The number of amides is 2. The molecule has 0 bridgehead atoms. The van der Waals surface area contributed by atoms with Crippen molar-refractivity contribution in [3.05, 3.63) is 48.0 Å². The van der Waals surface area contributed by atoms with E-state index in [0.717, 1.165) is 0 Å². The molecule has 0 fully saturated rings. The molecular weight excluding hydrogens is 334 g/mol. The molecule has 0 spiro atoms. The van der Waals surface area contributed by atoms with Crippen LogP contribution in [0, 0.1) is 0 Å². The van der Waals surface area contributed by atoms with Crippen molar-refractivity contribution in [3.8, 4) is 11.5 Å². The lowest BCUT2D eigenvalue weighted by Crippen LogP contribution is -2.32. The van der Waals surface area contributed by atoms with Gasteiger partial charge in [-0.3, -0.25) is 9.59 Å². The number of anilines is 2. The third-order valence-electron chi connectivity index (χ3n) is 3.78. The lowest BCUT2D eigenvalue weighted by Gasteiger charge is -2.16.